The van der Waals surface area contributed by atoms with E-state index < -0.39 is 0 Å². The van der Waals surface area contributed by atoms with E-state index in [2.05, 4.69) is 99.5 Å². The van der Waals surface area contributed by atoms with Gasteiger partial charge in [0.05, 0.1) is 11.4 Å². The highest BCUT2D eigenvalue weighted by molar-refractivity contribution is 6.07. The number of hydrogen-bond acceptors (Lipinski definition) is 4. The van der Waals surface area contributed by atoms with Gasteiger partial charge in [-0.1, -0.05) is 82.2 Å². The first-order valence-electron chi connectivity index (χ1n) is 17.5. The number of allylic oxidation sites excluding steroid dienone is 4. The molecule has 2 aromatic carbocycles. The Morgan fingerprint density at radius 1 is 0.957 bits per heavy atom. The van der Waals surface area contributed by atoms with Gasteiger partial charge in [-0.2, -0.15) is 0 Å². The molecule has 0 saturated heterocycles. The molecule has 1 saturated carbocycles. The van der Waals surface area contributed by atoms with Crippen LogP contribution in [0.2, 0.25) is 0 Å². The lowest BCUT2D eigenvalue weighted by Gasteiger charge is -2.24. The van der Waals surface area contributed by atoms with Crippen LogP contribution in [0.1, 0.15) is 102 Å². The number of unbranched alkanes of at least 4 members (excludes halogenated alkanes) is 2. The molecule has 1 aliphatic heterocycles. The van der Waals surface area contributed by atoms with Crippen LogP contribution in [0.25, 0.3) is 16.8 Å². The van der Waals surface area contributed by atoms with Crippen molar-refractivity contribution in [2.45, 2.75) is 92.0 Å². The van der Waals surface area contributed by atoms with E-state index in [9.17, 15) is 4.79 Å². The van der Waals surface area contributed by atoms with Crippen LogP contribution in [0.15, 0.2) is 95.7 Å². The Hall–Kier alpha value is -4.12. The first-order chi connectivity index (χ1) is 22.4. The molecule has 46 heavy (non-hydrogen) atoms. The topological polar surface area (TPSA) is 48.5 Å². The van der Waals surface area contributed by atoms with Crippen LogP contribution in [0.5, 0.6) is 0 Å². The molecule has 2 aliphatic rings. The molecule has 0 atom stereocenters. The molecule has 0 unspecified atom stereocenters. The number of hydrogen-bond donors (Lipinski definition) is 1. The van der Waals surface area contributed by atoms with Crippen molar-refractivity contribution in [3.05, 3.63) is 107 Å². The second kappa shape index (κ2) is 15.9. The fourth-order valence-electron chi connectivity index (χ4n) is 6.34. The highest BCUT2D eigenvalue weighted by Gasteiger charge is 2.26. The summed E-state index contributed by atoms with van der Waals surface area (Å²) in [5, 5.41) is 3.72. The van der Waals surface area contributed by atoms with Gasteiger partial charge in [0.1, 0.15) is 5.69 Å². The van der Waals surface area contributed by atoms with Gasteiger partial charge >= 0.3 is 0 Å². The summed E-state index contributed by atoms with van der Waals surface area (Å²) >= 11 is 0. The largest absolute Gasteiger partial charge is 0.382 e. The molecule has 1 aromatic heterocycles. The summed E-state index contributed by atoms with van der Waals surface area (Å²) in [5.74, 6) is -0.0623. The molecule has 2 heterocycles. The molecule has 5 heteroatoms. The third-order valence-electron chi connectivity index (χ3n) is 9.11. The number of carbonyl (C=O) groups excluding carboxylic acids is 1. The van der Waals surface area contributed by atoms with E-state index in [0.29, 0.717) is 18.3 Å². The summed E-state index contributed by atoms with van der Waals surface area (Å²) in [6, 6.07) is 23.4. The lowest BCUT2D eigenvalue weighted by molar-refractivity contribution is 0.0982. The molecule has 1 aliphatic carbocycles. The number of pyridine rings is 1. The van der Waals surface area contributed by atoms with Gasteiger partial charge in [-0.15, -0.1) is 0 Å². The molecule has 0 bridgehead atoms. The van der Waals surface area contributed by atoms with Crippen molar-refractivity contribution in [3.63, 3.8) is 0 Å². The normalized spacial score (nSPS) is 15.5. The number of amides is 1. The summed E-state index contributed by atoms with van der Waals surface area (Å²) in [4.78, 5) is 23.5. The van der Waals surface area contributed by atoms with E-state index in [1.807, 2.05) is 29.2 Å². The monoisotopic (exact) mass is 616 g/mol. The lowest BCUT2D eigenvalue weighted by Crippen LogP contribution is -2.32. The van der Waals surface area contributed by atoms with Crippen molar-refractivity contribution < 1.29 is 4.79 Å². The van der Waals surface area contributed by atoms with Crippen LogP contribution < -0.4 is 15.1 Å². The van der Waals surface area contributed by atoms with Crippen LogP contribution in [0.3, 0.4) is 0 Å². The zero-order chi connectivity index (χ0) is 32.5. The van der Waals surface area contributed by atoms with Gasteiger partial charge in [-0.3, -0.25) is 4.79 Å². The molecule has 1 fully saturated rings. The number of carbonyl (C=O) groups is 1. The van der Waals surface area contributed by atoms with Crippen LogP contribution in [0, 0.1) is 0 Å². The van der Waals surface area contributed by atoms with Gasteiger partial charge in [-0.05, 0) is 99.4 Å². The molecule has 0 radical (unpaired) electrons. The smallest absolute Gasteiger partial charge is 0.276 e. The first kappa shape index (κ1) is 33.2. The Bertz CT molecular complexity index is 1580. The Morgan fingerprint density at radius 3 is 2.46 bits per heavy atom. The maximum absolute atomic E-state index is 14.2. The van der Waals surface area contributed by atoms with Crippen molar-refractivity contribution in [1.82, 2.24) is 10.3 Å². The molecule has 0 spiro atoms. The number of nitrogens with one attached hydrogen (secondary N) is 1. The summed E-state index contributed by atoms with van der Waals surface area (Å²) in [6.07, 6.45) is 13.7. The predicted octanol–water partition coefficient (Wildman–Crippen LogP) is 9.97. The van der Waals surface area contributed by atoms with E-state index in [1.54, 1.807) is 0 Å². The number of fused-ring (bicyclic) bond motifs is 1. The van der Waals surface area contributed by atoms with Gasteiger partial charge in [0.15, 0.2) is 0 Å². The number of para-hydroxylation sites is 1. The third-order valence-corrected chi connectivity index (χ3v) is 9.11. The van der Waals surface area contributed by atoms with Crippen LogP contribution in [-0.2, 0) is 0 Å². The molecular weight excluding hydrogens is 564 g/mol. The van der Waals surface area contributed by atoms with Crippen LogP contribution in [0.4, 0.5) is 11.4 Å². The fraction of sp³-hybridized carbons (Fsp3) is 0.415. The number of rotatable bonds is 14. The third kappa shape index (κ3) is 8.17. The fourth-order valence-corrected chi connectivity index (χ4v) is 6.34. The minimum Gasteiger partial charge on any atom is -0.382 e. The van der Waals surface area contributed by atoms with E-state index in [0.717, 1.165) is 54.9 Å². The number of anilines is 2. The van der Waals surface area contributed by atoms with Gasteiger partial charge < -0.3 is 15.1 Å². The average Bonchev–Trinajstić information content (AvgIpc) is 3.92. The van der Waals surface area contributed by atoms with Crippen molar-refractivity contribution in [1.29, 1.82) is 0 Å². The summed E-state index contributed by atoms with van der Waals surface area (Å²) in [6.45, 7) is 13.8. The molecule has 242 valence electrons. The number of aromatic nitrogens is 1. The summed E-state index contributed by atoms with van der Waals surface area (Å²) < 4.78 is 0. The van der Waals surface area contributed by atoms with E-state index in [-0.39, 0.29) is 5.91 Å². The van der Waals surface area contributed by atoms with Gasteiger partial charge in [0.25, 0.3) is 5.91 Å². The van der Waals surface area contributed by atoms with E-state index >= 15 is 0 Å². The standard InChI is InChI=1S/C41H52N4O/c1-6-9-12-27-44(26-8-3)35-23-19-32(20-24-35)38-16-13-17-39(43-38)41(46)45-28-25-33(31(5)36-15-10-11-18-40(36)45)29-30(4)37(14-7-2)42-34-21-22-34/h10-11,13-20,23-24,29,34,42H,6-9,12,21-22,25-28H2,1-5H3/b30-29+,37-14+. The van der Waals surface area contributed by atoms with Crippen molar-refractivity contribution >= 4 is 22.9 Å². The first-order valence-corrected chi connectivity index (χ1v) is 17.5. The van der Waals surface area contributed by atoms with Gasteiger partial charge in [0, 0.05) is 48.2 Å². The van der Waals surface area contributed by atoms with E-state index in [4.69, 9.17) is 4.98 Å². The van der Waals surface area contributed by atoms with Gasteiger partial charge in [0.2, 0.25) is 0 Å². The highest BCUT2D eigenvalue weighted by Crippen LogP contribution is 2.36. The second-order valence-electron chi connectivity index (χ2n) is 12.8. The SMILES string of the molecule is CC/C=C(NC1CC1)\C(C)=C\C1=C(C)c2ccccc2N(C(=O)c2cccc(-c3ccc(N(CCC)CCCCC)cc3)n2)CC1. The molecule has 5 nitrogen and oxygen atoms in total. The van der Waals surface area contributed by atoms with E-state index in [1.165, 1.54) is 60.2 Å². The predicted molar refractivity (Wildman–Crippen MR) is 195 cm³/mol. The quantitative estimate of drug-likeness (QED) is 0.145. The highest BCUT2D eigenvalue weighted by atomic mass is 16.2. The lowest BCUT2D eigenvalue weighted by atomic mass is 9.97. The van der Waals surface area contributed by atoms with Crippen molar-refractivity contribution in [2.24, 2.45) is 0 Å². The van der Waals surface area contributed by atoms with Crippen LogP contribution in [-0.4, -0.2) is 36.6 Å². The zero-order valence-corrected chi connectivity index (χ0v) is 28.6. The van der Waals surface area contributed by atoms with Crippen molar-refractivity contribution in [2.75, 3.05) is 29.4 Å². The zero-order valence-electron chi connectivity index (χ0n) is 28.6. The Morgan fingerprint density at radius 2 is 1.74 bits per heavy atom. The molecular formula is C41H52N4O. The second-order valence-corrected chi connectivity index (χ2v) is 12.8. The Balaban J connectivity index is 1.37. The minimum atomic E-state index is -0.0623. The molecule has 1 N–H and O–H groups in total. The van der Waals surface area contributed by atoms with Gasteiger partial charge in [-0.25, -0.2) is 4.98 Å². The molecule has 3 aromatic rings. The number of nitrogens with zero attached hydrogens (tertiary/aromatic N) is 3. The summed E-state index contributed by atoms with van der Waals surface area (Å²) in [7, 11) is 0. The maximum atomic E-state index is 14.2. The Kier molecular flexibility index (Phi) is 11.5. The maximum Gasteiger partial charge on any atom is 0.276 e. The minimum absolute atomic E-state index is 0.0623. The summed E-state index contributed by atoms with van der Waals surface area (Å²) in [5.41, 5.74) is 10.6. The Labute approximate surface area is 277 Å². The van der Waals surface area contributed by atoms with Crippen molar-refractivity contribution in [3.8, 4) is 11.3 Å². The average molecular weight is 617 g/mol. The molecule has 5 rings (SSSR count). The van der Waals surface area contributed by atoms with Crippen LogP contribution >= 0.6 is 0 Å². The molecule has 1 amide bonds. The number of benzene rings is 2.